The Morgan fingerprint density at radius 2 is 2.28 bits per heavy atom. The average Bonchev–Trinajstić information content (AvgIpc) is 2.79. The zero-order chi connectivity index (χ0) is 13.1. The van der Waals surface area contributed by atoms with E-state index in [0.717, 1.165) is 5.69 Å². The molecule has 2 aromatic rings. The fourth-order valence-electron chi connectivity index (χ4n) is 1.66. The van der Waals surface area contributed by atoms with Gasteiger partial charge in [-0.05, 0) is 6.07 Å². The normalized spacial score (nSPS) is 10.6. The van der Waals surface area contributed by atoms with Crippen molar-refractivity contribution in [2.24, 2.45) is 5.73 Å². The van der Waals surface area contributed by atoms with Crippen LogP contribution in [0, 0.1) is 10.1 Å². The van der Waals surface area contributed by atoms with E-state index >= 15 is 0 Å². The summed E-state index contributed by atoms with van der Waals surface area (Å²) in [6.07, 6.45) is 3.32. The summed E-state index contributed by atoms with van der Waals surface area (Å²) in [6.45, 7) is 0.626. The smallest absolute Gasteiger partial charge is 0.275 e. The third-order valence-corrected chi connectivity index (χ3v) is 2.88. The SMILES string of the molecule is NCc1cn(Cc2c(Cl)cccc2[N+](=O)[O-])cn1. The van der Waals surface area contributed by atoms with Gasteiger partial charge in [-0.3, -0.25) is 10.1 Å². The van der Waals surface area contributed by atoms with Gasteiger partial charge in [0.1, 0.15) is 0 Å². The molecule has 94 valence electrons. The summed E-state index contributed by atoms with van der Waals surface area (Å²) in [6, 6.07) is 4.62. The Hall–Kier alpha value is -1.92. The van der Waals surface area contributed by atoms with Crippen LogP contribution in [0.5, 0.6) is 0 Å². The van der Waals surface area contributed by atoms with Gasteiger partial charge in [-0.2, -0.15) is 0 Å². The molecular formula is C11H11ClN4O2. The highest BCUT2D eigenvalue weighted by Crippen LogP contribution is 2.26. The third-order valence-electron chi connectivity index (χ3n) is 2.53. The molecule has 6 nitrogen and oxygen atoms in total. The Morgan fingerprint density at radius 3 is 2.89 bits per heavy atom. The van der Waals surface area contributed by atoms with Crippen LogP contribution in [0.15, 0.2) is 30.7 Å². The first-order valence-electron chi connectivity index (χ1n) is 5.24. The van der Waals surface area contributed by atoms with E-state index in [1.165, 1.54) is 6.07 Å². The van der Waals surface area contributed by atoms with Crippen LogP contribution in [-0.2, 0) is 13.1 Å². The topological polar surface area (TPSA) is 87.0 Å². The maximum atomic E-state index is 10.9. The van der Waals surface area contributed by atoms with Crippen LogP contribution < -0.4 is 5.73 Å². The minimum absolute atomic E-state index is 0.00509. The van der Waals surface area contributed by atoms with Crippen LogP contribution in [0.25, 0.3) is 0 Å². The lowest BCUT2D eigenvalue weighted by molar-refractivity contribution is -0.385. The summed E-state index contributed by atoms with van der Waals surface area (Å²) in [5, 5.41) is 11.3. The summed E-state index contributed by atoms with van der Waals surface area (Å²) >= 11 is 6.00. The van der Waals surface area contributed by atoms with Gasteiger partial charge in [0.15, 0.2) is 0 Å². The van der Waals surface area contributed by atoms with Gasteiger partial charge in [-0.15, -0.1) is 0 Å². The molecule has 0 aliphatic heterocycles. The van der Waals surface area contributed by atoms with Gasteiger partial charge in [0.2, 0.25) is 0 Å². The minimum Gasteiger partial charge on any atom is -0.332 e. The maximum absolute atomic E-state index is 10.9. The van der Waals surface area contributed by atoms with Gasteiger partial charge in [-0.1, -0.05) is 17.7 Å². The molecule has 0 radical (unpaired) electrons. The monoisotopic (exact) mass is 266 g/mol. The molecule has 0 saturated carbocycles. The van der Waals surface area contributed by atoms with Gasteiger partial charge in [0, 0.05) is 18.8 Å². The van der Waals surface area contributed by atoms with Crippen molar-refractivity contribution in [3.8, 4) is 0 Å². The van der Waals surface area contributed by atoms with Gasteiger partial charge in [0.05, 0.1) is 34.1 Å². The number of hydrogen-bond donors (Lipinski definition) is 1. The van der Waals surface area contributed by atoms with E-state index in [1.54, 1.807) is 29.2 Å². The lowest BCUT2D eigenvalue weighted by Gasteiger charge is -2.05. The second-order valence-electron chi connectivity index (χ2n) is 3.74. The zero-order valence-electron chi connectivity index (χ0n) is 9.41. The second kappa shape index (κ2) is 5.16. The van der Waals surface area contributed by atoms with Crippen LogP contribution >= 0.6 is 11.6 Å². The standard InChI is InChI=1S/C11H11ClN4O2/c12-10-2-1-3-11(16(17)18)9(10)6-15-5-8(4-13)14-7-15/h1-3,5,7H,4,6,13H2. The lowest BCUT2D eigenvalue weighted by Crippen LogP contribution is -2.02. The highest BCUT2D eigenvalue weighted by atomic mass is 35.5. The maximum Gasteiger partial charge on any atom is 0.275 e. The second-order valence-corrected chi connectivity index (χ2v) is 4.14. The van der Waals surface area contributed by atoms with Crippen molar-refractivity contribution in [1.29, 1.82) is 0 Å². The fourth-order valence-corrected chi connectivity index (χ4v) is 1.89. The molecule has 2 N–H and O–H groups in total. The van der Waals surface area contributed by atoms with Crippen LogP contribution in [0.4, 0.5) is 5.69 Å². The molecule has 1 heterocycles. The van der Waals surface area contributed by atoms with E-state index in [2.05, 4.69) is 4.98 Å². The van der Waals surface area contributed by atoms with Crippen LogP contribution in [0.3, 0.4) is 0 Å². The number of nitro groups is 1. The quantitative estimate of drug-likeness (QED) is 0.677. The molecule has 0 aliphatic rings. The van der Waals surface area contributed by atoms with Crippen molar-refractivity contribution in [3.63, 3.8) is 0 Å². The number of rotatable bonds is 4. The third kappa shape index (κ3) is 2.49. The van der Waals surface area contributed by atoms with E-state index in [-0.39, 0.29) is 5.69 Å². The first-order valence-corrected chi connectivity index (χ1v) is 5.62. The number of hydrogen-bond acceptors (Lipinski definition) is 4. The van der Waals surface area contributed by atoms with Crippen molar-refractivity contribution in [3.05, 3.63) is 57.1 Å². The van der Waals surface area contributed by atoms with Crippen LogP contribution in [-0.4, -0.2) is 14.5 Å². The highest BCUT2D eigenvalue weighted by Gasteiger charge is 2.16. The lowest BCUT2D eigenvalue weighted by atomic mass is 10.2. The van der Waals surface area contributed by atoms with Gasteiger partial charge in [0.25, 0.3) is 5.69 Å². The Labute approximate surface area is 108 Å². The molecule has 7 heteroatoms. The average molecular weight is 267 g/mol. The van der Waals surface area contributed by atoms with Crippen molar-refractivity contribution in [2.45, 2.75) is 13.1 Å². The molecule has 0 aliphatic carbocycles. The van der Waals surface area contributed by atoms with E-state index in [4.69, 9.17) is 17.3 Å². The van der Waals surface area contributed by atoms with Crippen LogP contribution in [0.1, 0.15) is 11.3 Å². The number of nitrogens with two attached hydrogens (primary N) is 1. The molecule has 18 heavy (non-hydrogen) atoms. The van der Waals surface area contributed by atoms with Gasteiger partial charge in [-0.25, -0.2) is 4.98 Å². The van der Waals surface area contributed by atoms with Crippen LogP contribution in [0.2, 0.25) is 5.02 Å². The summed E-state index contributed by atoms with van der Waals surface area (Å²) in [5.41, 5.74) is 6.65. The van der Waals surface area contributed by atoms with Gasteiger partial charge < -0.3 is 10.3 Å². The Kier molecular flexibility index (Phi) is 3.59. The zero-order valence-corrected chi connectivity index (χ0v) is 10.2. The van der Waals surface area contributed by atoms with Crippen molar-refractivity contribution in [2.75, 3.05) is 0 Å². The Bertz CT molecular complexity index is 582. The Balaban J connectivity index is 2.36. The number of imidazole rings is 1. The molecule has 0 saturated heterocycles. The Morgan fingerprint density at radius 1 is 1.50 bits per heavy atom. The molecule has 2 rings (SSSR count). The largest absolute Gasteiger partial charge is 0.332 e. The summed E-state index contributed by atoms with van der Waals surface area (Å²) in [4.78, 5) is 14.5. The molecular weight excluding hydrogens is 256 g/mol. The number of benzene rings is 1. The predicted molar refractivity (Wildman–Crippen MR) is 67.3 cm³/mol. The highest BCUT2D eigenvalue weighted by molar-refractivity contribution is 6.31. The number of nitrogens with zero attached hydrogens (tertiary/aromatic N) is 3. The van der Waals surface area contributed by atoms with E-state index < -0.39 is 4.92 Å². The van der Waals surface area contributed by atoms with Gasteiger partial charge >= 0.3 is 0 Å². The van der Waals surface area contributed by atoms with E-state index in [9.17, 15) is 10.1 Å². The predicted octanol–water partition coefficient (Wildman–Crippen LogP) is 1.95. The number of halogens is 1. The van der Waals surface area contributed by atoms with Crippen molar-refractivity contribution >= 4 is 17.3 Å². The summed E-state index contributed by atoms with van der Waals surface area (Å²) < 4.78 is 1.72. The number of aromatic nitrogens is 2. The molecule has 0 unspecified atom stereocenters. The summed E-state index contributed by atoms with van der Waals surface area (Å²) in [5.74, 6) is 0. The molecule has 0 bridgehead atoms. The molecule has 1 aromatic carbocycles. The first-order chi connectivity index (χ1) is 8.61. The fraction of sp³-hybridized carbons (Fsp3) is 0.182. The van der Waals surface area contributed by atoms with E-state index in [1.807, 2.05) is 0 Å². The molecule has 0 fully saturated rings. The summed E-state index contributed by atoms with van der Waals surface area (Å²) in [7, 11) is 0. The minimum atomic E-state index is -0.442. The molecule has 0 atom stereocenters. The molecule has 1 aromatic heterocycles. The molecule has 0 amide bonds. The number of nitro benzene ring substituents is 1. The van der Waals surface area contributed by atoms with Crippen molar-refractivity contribution < 1.29 is 4.92 Å². The first kappa shape index (κ1) is 12.5. The van der Waals surface area contributed by atoms with Crippen molar-refractivity contribution in [1.82, 2.24) is 9.55 Å². The van der Waals surface area contributed by atoms with E-state index in [0.29, 0.717) is 23.7 Å². The molecule has 0 spiro atoms.